The lowest BCUT2D eigenvalue weighted by Crippen LogP contribution is -2.30. The van der Waals surface area contributed by atoms with E-state index >= 15 is 0 Å². The number of hydrogen-bond donors (Lipinski definition) is 1. The van der Waals surface area contributed by atoms with Crippen LogP contribution in [0.2, 0.25) is 5.02 Å². The zero-order valence-electron chi connectivity index (χ0n) is 12.6. The van der Waals surface area contributed by atoms with Gasteiger partial charge < -0.3 is 10.1 Å². The van der Waals surface area contributed by atoms with Crippen molar-refractivity contribution in [2.75, 3.05) is 5.32 Å². The molecule has 2 aromatic carbocycles. The van der Waals surface area contributed by atoms with Crippen molar-refractivity contribution in [3.05, 3.63) is 58.4 Å². The lowest BCUT2D eigenvalue weighted by molar-refractivity contribution is -0.122. The summed E-state index contributed by atoms with van der Waals surface area (Å²) in [6, 6.07) is 9.52. The first-order valence-corrected chi connectivity index (χ1v) is 7.25. The van der Waals surface area contributed by atoms with Crippen molar-refractivity contribution in [2.45, 2.75) is 26.9 Å². The first-order chi connectivity index (χ1) is 10.4. The van der Waals surface area contributed by atoms with Gasteiger partial charge in [-0.1, -0.05) is 23.7 Å². The van der Waals surface area contributed by atoms with Crippen molar-refractivity contribution in [2.24, 2.45) is 0 Å². The van der Waals surface area contributed by atoms with E-state index in [9.17, 15) is 9.18 Å². The second-order valence-electron chi connectivity index (χ2n) is 5.10. The highest BCUT2D eigenvalue weighted by Gasteiger charge is 2.17. The number of para-hydroxylation sites is 1. The summed E-state index contributed by atoms with van der Waals surface area (Å²) in [5.74, 6) is -0.354. The Labute approximate surface area is 134 Å². The van der Waals surface area contributed by atoms with Crippen LogP contribution in [-0.4, -0.2) is 12.0 Å². The van der Waals surface area contributed by atoms with Gasteiger partial charge in [0.1, 0.15) is 11.6 Å². The van der Waals surface area contributed by atoms with Gasteiger partial charge in [0.05, 0.1) is 5.69 Å². The SMILES string of the molecule is Cc1cc(OC(C)C(=O)Nc2ccccc2F)cc(C)c1Cl. The monoisotopic (exact) mass is 321 g/mol. The van der Waals surface area contributed by atoms with E-state index in [-0.39, 0.29) is 5.69 Å². The van der Waals surface area contributed by atoms with Gasteiger partial charge in [0.15, 0.2) is 6.10 Å². The van der Waals surface area contributed by atoms with Gasteiger partial charge in [0.25, 0.3) is 5.91 Å². The van der Waals surface area contributed by atoms with Gasteiger partial charge in [-0.15, -0.1) is 0 Å². The van der Waals surface area contributed by atoms with E-state index in [1.165, 1.54) is 12.1 Å². The van der Waals surface area contributed by atoms with E-state index in [1.54, 1.807) is 31.2 Å². The van der Waals surface area contributed by atoms with Gasteiger partial charge in [-0.25, -0.2) is 4.39 Å². The fraction of sp³-hybridized carbons (Fsp3) is 0.235. The Morgan fingerprint density at radius 2 is 1.82 bits per heavy atom. The fourth-order valence-electron chi connectivity index (χ4n) is 2.03. The molecule has 116 valence electrons. The largest absolute Gasteiger partial charge is 0.481 e. The van der Waals surface area contributed by atoms with E-state index in [2.05, 4.69) is 5.32 Å². The van der Waals surface area contributed by atoms with E-state index in [0.29, 0.717) is 10.8 Å². The van der Waals surface area contributed by atoms with Crippen molar-refractivity contribution in [3.63, 3.8) is 0 Å². The number of halogens is 2. The molecule has 1 atom stereocenters. The third-order valence-electron chi connectivity index (χ3n) is 3.22. The Hall–Kier alpha value is -2.07. The van der Waals surface area contributed by atoms with E-state index in [4.69, 9.17) is 16.3 Å². The molecule has 0 aliphatic carbocycles. The average Bonchev–Trinajstić information content (AvgIpc) is 2.47. The molecule has 2 aromatic rings. The summed E-state index contributed by atoms with van der Waals surface area (Å²) in [6.45, 7) is 5.34. The molecule has 5 heteroatoms. The highest BCUT2D eigenvalue weighted by atomic mass is 35.5. The average molecular weight is 322 g/mol. The lowest BCUT2D eigenvalue weighted by Gasteiger charge is -2.16. The van der Waals surface area contributed by atoms with Gasteiger partial charge in [0.2, 0.25) is 0 Å². The van der Waals surface area contributed by atoms with Crippen molar-refractivity contribution in [1.29, 1.82) is 0 Å². The van der Waals surface area contributed by atoms with Crippen LogP contribution in [0.4, 0.5) is 10.1 Å². The minimum Gasteiger partial charge on any atom is -0.481 e. The summed E-state index contributed by atoms with van der Waals surface area (Å²) >= 11 is 6.10. The van der Waals surface area contributed by atoms with Crippen LogP contribution in [0.15, 0.2) is 36.4 Å². The molecular formula is C17H17ClFNO2. The minimum atomic E-state index is -0.764. The number of nitrogens with one attached hydrogen (secondary N) is 1. The number of carbonyl (C=O) groups excluding carboxylic acids is 1. The molecular weight excluding hydrogens is 305 g/mol. The van der Waals surface area contributed by atoms with Crippen molar-refractivity contribution < 1.29 is 13.9 Å². The molecule has 3 nitrogen and oxygen atoms in total. The zero-order valence-corrected chi connectivity index (χ0v) is 13.4. The number of carbonyl (C=O) groups is 1. The molecule has 2 rings (SSSR count). The van der Waals surface area contributed by atoms with Crippen LogP contribution >= 0.6 is 11.6 Å². The number of ether oxygens (including phenoxy) is 1. The van der Waals surface area contributed by atoms with Gasteiger partial charge in [-0.05, 0) is 56.2 Å². The molecule has 0 saturated heterocycles. The van der Waals surface area contributed by atoms with Crippen molar-refractivity contribution >= 4 is 23.2 Å². The maximum absolute atomic E-state index is 13.5. The summed E-state index contributed by atoms with van der Waals surface area (Å²) in [7, 11) is 0. The summed E-state index contributed by atoms with van der Waals surface area (Å²) in [5, 5.41) is 3.18. The number of anilines is 1. The van der Waals surface area contributed by atoms with Crippen LogP contribution in [0.5, 0.6) is 5.75 Å². The van der Waals surface area contributed by atoms with Gasteiger partial charge >= 0.3 is 0 Å². The second-order valence-corrected chi connectivity index (χ2v) is 5.48. The maximum atomic E-state index is 13.5. The third kappa shape index (κ3) is 3.77. The highest BCUT2D eigenvalue weighted by molar-refractivity contribution is 6.32. The van der Waals surface area contributed by atoms with Crippen molar-refractivity contribution in [3.8, 4) is 5.75 Å². The Morgan fingerprint density at radius 3 is 2.41 bits per heavy atom. The van der Waals surface area contributed by atoms with Gasteiger partial charge in [-0.3, -0.25) is 4.79 Å². The Bertz CT molecular complexity index is 680. The zero-order chi connectivity index (χ0) is 16.3. The van der Waals surface area contributed by atoms with Crippen LogP contribution in [0.1, 0.15) is 18.1 Å². The molecule has 0 aromatic heterocycles. The second kappa shape index (κ2) is 6.79. The molecule has 0 radical (unpaired) electrons. The minimum absolute atomic E-state index is 0.131. The number of aryl methyl sites for hydroxylation is 2. The van der Waals surface area contributed by atoms with Crippen LogP contribution in [0, 0.1) is 19.7 Å². The first-order valence-electron chi connectivity index (χ1n) is 6.87. The molecule has 0 aliphatic heterocycles. The predicted octanol–water partition coefficient (Wildman–Crippen LogP) is 4.50. The van der Waals surface area contributed by atoms with E-state index < -0.39 is 17.8 Å². The molecule has 1 unspecified atom stereocenters. The molecule has 22 heavy (non-hydrogen) atoms. The molecule has 1 amide bonds. The smallest absolute Gasteiger partial charge is 0.265 e. The Morgan fingerprint density at radius 1 is 1.23 bits per heavy atom. The highest BCUT2D eigenvalue weighted by Crippen LogP contribution is 2.26. The molecule has 0 spiro atoms. The summed E-state index contributed by atoms with van der Waals surface area (Å²) in [5.41, 5.74) is 1.88. The standard InChI is InChI=1S/C17H17ClFNO2/c1-10-8-13(9-11(2)16(10)18)22-12(3)17(21)20-15-7-5-4-6-14(15)19/h4-9,12H,1-3H3,(H,20,21). The molecule has 0 saturated carbocycles. The van der Waals surface area contributed by atoms with Crippen LogP contribution in [-0.2, 0) is 4.79 Å². The molecule has 0 aliphatic rings. The van der Waals surface area contributed by atoms with Gasteiger partial charge in [-0.2, -0.15) is 0 Å². The van der Waals surface area contributed by atoms with E-state index in [1.807, 2.05) is 13.8 Å². The van der Waals surface area contributed by atoms with Crippen LogP contribution in [0.25, 0.3) is 0 Å². The maximum Gasteiger partial charge on any atom is 0.265 e. The first kappa shape index (κ1) is 16.3. The number of rotatable bonds is 4. The summed E-state index contributed by atoms with van der Waals surface area (Å²) in [4.78, 5) is 12.1. The Balaban J connectivity index is 2.07. The number of hydrogen-bond acceptors (Lipinski definition) is 2. The predicted molar refractivity (Wildman–Crippen MR) is 86.0 cm³/mol. The quantitative estimate of drug-likeness (QED) is 0.900. The normalized spacial score (nSPS) is 11.9. The summed E-state index contributed by atoms with van der Waals surface area (Å²) in [6.07, 6.45) is -0.764. The number of amides is 1. The molecule has 1 N–H and O–H groups in total. The molecule has 0 fully saturated rings. The summed E-state index contributed by atoms with van der Waals surface area (Å²) < 4.78 is 19.1. The van der Waals surface area contributed by atoms with Gasteiger partial charge in [0, 0.05) is 5.02 Å². The third-order valence-corrected chi connectivity index (χ3v) is 3.82. The van der Waals surface area contributed by atoms with E-state index in [0.717, 1.165) is 11.1 Å². The van der Waals surface area contributed by atoms with Crippen molar-refractivity contribution in [1.82, 2.24) is 0 Å². The Kier molecular flexibility index (Phi) is 5.03. The number of benzene rings is 2. The fourth-order valence-corrected chi connectivity index (χ4v) is 2.14. The topological polar surface area (TPSA) is 38.3 Å². The molecule has 0 bridgehead atoms. The van der Waals surface area contributed by atoms with Crippen LogP contribution in [0.3, 0.4) is 0 Å². The lowest BCUT2D eigenvalue weighted by atomic mass is 10.1. The van der Waals surface area contributed by atoms with Crippen LogP contribution < -0.4 is 10.1 Å². The molecule has 0 heterocycles.